The van der Waals surface area contributed by atoms with E-state index in [-0.39, 0.29) is 37.6 Å². The number of esters is 1. The first kappa shape index (κ1) is 24.3. The Hall–Kier alpha value is -2.82. The molecule has 0 radical (unpaired) electrons. The lowest BCUT2D eigenvalue weighted by molar-refractivity contribution is -0.200. The Morgan fingerprint density at radius 3 is 2.41 bits per heavy atom. The van der Waals surface area contributed by atoms with E-state index in [1.807, 2.05) is 0 Å². The van der Waals surface area contributed by atoms with Gasteiger partial charge >= 0.3 is 12.1 Å². The number of benzene rings is 2. The Balaban J connectivity index is 1.89. The summed E-state index contributed by atoms with van der Waals surface area (Å²) in [5.41, 5.74) is 3.69. The molecule has 2 aromatic carbocycles. The zero-order valence-electron chi connectivity index (χ0n) is 17.3. The summed E-state index contributed by atoms with van der Waals surface area (Å²) in [5.74, 6) is -2.99. The number of hydrogen-bond donors (Lipinski definition) is 1. The van der Waals surface area contributed by atoms with Crippen LogP contribution in [0.15, 0.2) is 48.0 Å². The van der Waals surface area contributed by atoms with Crippen LogP contribution in [0.25, 0.3) is 5.69 Å². The van der Waals surface area contributed by atoms with E-state index in [0.29, 0.717) is 5.69 Å². The molecule has 0 aliphatic carbocycles. The van der Waals surface area contributed by atoms with Gasteiger partial charge in [0.25, 0.3) is 0 Å². The maximum Gasteiger partial charge on any atom is 0.401 e. The van der Waals surface area contributed by atoms with E-state index in [1.54, 1.807) is 6.07 Å². The van der Waals surface area contributed by atoms with Crippen molar-refractivity contribution in [2.24, 2.45) is 10.9 Å². The number of carbonyl (C=O) groups excluding carboxylic acids is 1. The fourth-order valence-corrected chi connectivity index (χ4v) is 4.65. The fourth-order valence-electron chi connectivity index (χ4n) is 4.06. The van der Waals surface area contributed by atoms with Gasteiger partial charge in [-0.15, -0.1) is 0 Å². The first-order valence-corrected chi connectivity index (χ1v) is 10.7. The van der Waals surface area contributed by atoms with Crippen LogP contribution in [-0.2, 0) is 14.9 Å². The third kappa shape index (κ3) is 3.79. The summed E-state index contributed by atoms with van der Waals surface area (Å²) < 4.78 is 50.5. The van der Waals surface area contributed by atoms with Crippen molar-refractivity contribution < 1.29 is 22.7 Å². The van der Waals surface area contributed by atoms with Crippen LogP contribution in [0.3, 0.4) is 0 Å². The van der Waals surface area contributed by atoms with Crippen LogP contribution < -0.4 is 5.73 Å². The molecule has 2 unspecified atom stereocenters. The third-order valence-electron chi connectivity index (χ3n) is 5.70. The van der Waals surface area contributed by atoms with E-state index in [9.17, 15) is 18.0 Å². The van der Waals surface area contributed by atoms with Gasteiger partial charge in [-0.3, -0.25) is 9.79 Å². The Kier molecular flexibility index (Phi) is 6.26. The second kappa shape index (κ2) is 8.75. The number of anilines is 1. The molecular formula is C21H15Cl3F3N5O2. The van der Waals surface area contributed by atoms with Crippen molar-refractivity contribution in [2.45, 2.75) is 11.6 Å². The summed E-state index contributed by atoms with van der Waals surface area (Å²) in [6.45, 7) is -0.801. The van der Waals surface area contributed by atoms with E-state index >= 15 is 0 Å². The van der Waals surface area contributed by atoms with Gasteiger partial charge in [0.1, 0.15) is 24.0 Å². The van der Waals surface area contributed by atoms with Gasteiger partial charge in [0, 0.05) is 0 Å². The summed E-state index contributed by atoms with van der Waals surface area (Å²) in [6, 6.07) is 6.54. The van der Waals surface area contributed by atoms with Crippen LogP contribution in [-0.4, -0.2) is 46.3 Å². The molecule has 0 amide bonds. The van der Waals surface area contributed by atoms with Crippen LogP contribution in [0.5, 0.6) is 0 Å². The van der Waals surface area contributed by atoms with Crippen molar-refractivity contribution >= 4 is 52.2 Å². The highest BCUT2D eigenvalue weighted by Crippen LogP contribution is 2.53. The molecule has 1 aromatic heterocycles. The lowest BCUT2D eigenvalue weighted by atomic mass is 9.68. The monoisotopic (exact) mass is 531 g/mol. The molecule has 0 saturated carbocycles. The van der Waals surface area contributed by atoms with Crippen LogP contribution in [0, 0.1) is 5.92 Å². The number of carbonyl (C=O) groups is 1. The maximum atomic E-state index is 14.8. The highest BCUT2D eigenvalue weighted by atomic mass is 35.5. The molecule has 34 heavy (non-hydrogen) atoms. The van der Waals surface area contributed by atoms with E-state index in [1.165, 1.54) is 29.5 Å². The molecule has 13 heteroatoms. The van der Waals surface area contributed by atoms with Gasteiger partial charge in [-0.1, -0.05) is 40.9 Å². The molecule has 0 saturated heterocycles. The van der Waals surface area contributed by atoms with Gasteiger partial charge in [-0.05, 0) is 35.4 Å². The van der Waals surface area contributed by atoms with Crippen LogP contribution in [0.2, 0.25) is 15.1 Å². The molecule has 178 valence electrons. The Bertz CT molecular complexity index is 1270. The molecule has 4 rings (SSSR count). The molecule has 2 atom stereocenters. The number of aromatic nitrogens is 3. The van der Waals surface area contributed by atoms with Crippen LogP contribution in [0.4, 0.5) is 18.9 Å². The predicted octanol–water partition coefficient (Wildman–Crippen LogP) is 4.90. The summed E-state index contributed by atoms with van der Waals surface area (Å²) in [7, 11) is 1.00. The van der Waals surface area contributed by atoms with Gasteiger partial charge in [0.15, 0.2) is 0 Å². The number of nitrogen functional groups attached to an aromatic ring is 1. The SMILES string of the molecule is COC(=O)C1C(c2ccc(-n3cncn3)c(N)c2)=NCC1(c1cc(Cl)c(Cl)c(Cl)c1)C(F)(F)F. The number of rotatable bonds is 4. The molecule has 2 N–H and O–H groups in total. The van der Waals surface area contributed by atoms with Crippen LogP contribution >= 0.6 is 34.8 Å². The number of methoxy groups -OCH3 is 1. The van der Waals surface area contributed by atoms with Crippen molar-refractivity contribution in [1.29, 1.82) is 0 Å². The van der Waals surface area contributed by atoms with Crippen LogP contribution in [0.1, 0.15) is 11.1 Å². The number of aliphatic imine (C=N–C) groups is 1. The summed E-state index contributed by atoms with van der Waals surface area (Å²) in [4.78, 5) is 20.9. The first-order valence-electron chi connectivity index (χ1n) is 9.60. The zero-order valence-corrected chi connectivity index (χ0v) is 19.5. The molecular weight excluding hydrogens is 518 g/mol. The molecule has 1 aliphatic rings. The number of hydrogen-bond acceptors (Lipinski definition) is 6. The second-order valence-corrected chi connectivity index (χ2v) is 8.69. The normalized spacial score (nSPS) is 20.3. The topological polar surface area (TPSA) is 95.4 Å². The van der Waals surface area contributed by atoms with Crippen molar-refractivity contribution in [2.75, 3.05) is 19.4 Å². The van der Waals surface area contributed by atoms with E-state index in [4.69, 9.17) is 45.3 Å². The average Bonchev–Trinajstić information content (AvgIpc) is 3.45. The minimum atomic E-state index is -4.94. The third-order valence-corrected chi connectivity index (χ3v) is 6.89. The number of halogens is 6. The number of nitrogens with zero attached hydrogens (tertiary/aromatic N) is 4. The summed E-state index contributed by atoms with van der Waals surface area (Å²) in [5, 5.41) is 3.51. The van der Waals surface area contributed by atoms with E-state index in [2.05, 4.69) is 15.1 Å². The molecule has 2 heterocycles. The Labute approximate surface area is 206 Å². The van der Waals surface area contributed by atoms with Crippen molar-refractivity contribution in [1.82, 2.24) is 14.8 Å². The highest BCUT2D eigenvalue weighted by molar-refractivity contribution is 6.48. The molecule has 0 spiro atoms. The Morgan fingerprint density at radius 2 is 1.88 bits per heavy atom. The summed E-state index contributed by atoms with van der Waals surface area (Å²) >= 11 is 18.0. The maximum absolute atomic E-state index is 14.8. The van der Waals surface area contributed by atoms with Gasteiger partial charge in [-0.2, -0.15) is 18.3 Å². The smallest absolute Gasteiger partial charge is 0.401 e. The minimum Gasteiger partial charge on any atom is -0.468 e. The minimum absolute atomic E-state index is 0.102. The molecule has 7 nitrogen and oxygen atoms in total. The quantitative estimate of drug-likeness (QED) is 0.293. The van der Waals surface area contributed by atoms with Gasteiger partial charge in [0.05, 0.1) is 45.8 Å². The van der Waals surface area contributed by atoms with E-state index in [0.717, 1.165) is 19.2 Å². The molecule has 1 aliphatic heterocycles. The highest BCUT2D eigenvalue weighted by Gasteiger charge is 2.67. The number of alkyl halides is 3. The summed E-state index contributed by atoms with van der Waals surface area (Å²) in [6.07, 6.45) is -2.22. The number of ether oxygens (including phenoxy) is 1. The average molecular weight is 533 g/mol. The van der Waals surface area contributed by atoms with Gasteiger partial charge < -0.3 is 10.5 Å². The Morgan fingerprint density at radius 1 is 1.21 bits per heavy atom. The standard InChI is InChI=1S/C21H15Cl3F3N5O2/c1-34-19(33)16-18(10-2-3-15(14(28)4-10)32-9-29-8-31-32)30-7-20(16,21(25,26)27)11-5-12(22)17(24)13(23)6-11/h2-6,8-9,16H,7,28H2,1H3. The molecule has 0 bridgehead atoms. The van der Waals surface area contributed by atoms with Gasteiger partial charge in [0.2, 0.25) is 0 Å². The fraction of sp³-hybridized carbons (Fsp3) is 0.238. The second-order valence-electron chi connectivity index (χ2n) is 7.49. The number of nitrogens with two attached hydrogens (primary N) is 1. The largest absolute Gasteiger partial charge is 0.468 e. The van der Waals surface area contributed by atoms with Gasteiger partial charge in [-0.25, -0.2) is 9.67 Å². The lowest BCUT2D eigenvalue weighted by Gasteiger charge is -2.36. The predicted molar refractivity (Wildman–Crippen MR) is 122 cm³/mol. The zero-order chi connectivity index (χ0) is 24.8. The van der Waals surface area contributed by atoms with Crippen molar-refractivity contribution in [3.8, 4) is 5.69 Å². The lowest BCUT2D eigenvalue weighted by Crippen LogP contribution is -2.53. The van der Waals surface area contributed by atoms with E-state index < -0.39 is 30.0 Å². The first-order chi connectivity index (χ1) is 16.0. The molecule has 3 aromatic rings. The van der Waals surface area contributed by atoms with Crippen molar-refractivity contribution in [3.05, 3.63) is 69.2 Å². The molecule has 0 fully saturated rings. The van der Waals surface area contributed by atoms with Crippen molar-refractivity contribution in [3.63, 3.8) is 0 Å².